The van der Waals surface area contributed by atoms with Gasteiger partial charge in [-0.2, -0.15) is 0 Å². The lowest BCUT2D eigenvalue weighted by atomic mass is 10.1. The van der Waals surface area contributed by atoms with Crippen molar-refractivity contribution >= 4 is 38.6 Å². The van der Waals surface area contributed by atoms with Crippen LogP contribution in [0.3, 0.4) is 0 Å². The van der Waals surface area contributed by atoms with Crippen LogP contribution in [0.4, 0.5) is 0 Å². The van der Waals surface area contributed by atoms with Gasteiger partial charge in [0.15, 0.2) is 9.84 Å². The Labute approximate surface area is 111 Å². The zero-order chi connectivity index (χ0) is 12.8. The molecule has 1 aliphatic rings. The van der Waals surface area contributed by atoms with E-state index in [1.54, 1.807) is 18.2 Å². The average Bonchev–Trinajstić information content (AvgIpc) is 2.91. The van der Waals surface area contributed by atoms with Crippen LogP contribution in [0.2, 0.25) is 5.02 Å². The summed E-state index contributed by atoms with van der Waals surface area (Å²) < 4.78 is 23.3. The van der Waals surface area contributed by atoms with E-state index in [-0.39, 0.29) is 16.8 Å². The molecular formula is C11H12ClNO2S2. The zero-order valence-corrected chi connectivity index (χ0v) is 11.5. The highest BCUT2D eigenvalue weighted by Gasteiger charge is 2.58. The van der Waals surface area contributed by atoms with Crippen molar-refractivity contribution in [2.24, 2.45) is 11.7 Å². The lowest BCUT2D eigenvalue weighted by Crippen LogP contribution is -2.16. The van der Waals surface area contributed by atoms with Crippen molar-refractivity contribution in [3.8, 4) is 0 Å². The average molecular weight is 290 g/mol. The predicted molar refractivity (Wildman–Crippen MR) is 73.1 cm³/mol. The van der Waals surface area contributed by atoms with Gasteiger partial charge in [-0.1, -0.05) is 36.0 Å². The van der Waals surface area contributed by atoms with Crippen LogP contribution in [-0.2, 0) is 9.84 Å². The Balaban J connectivity index is 2.37. The van der Waals surface area contributed by atoms with Gasteiger partial charge in [-0.15, -0.1) is 0 Å². The number of halogens is 1. The maximum Gasteiger partial charge on any atom is 0.151 e. The van der Waals surface area contributed by atoms with E-state index >= 15 is 0 Å². The first kappa shape index (κ1) is 12.8. The molecule has 3 nitrogen and oxygen atoms in total. The van der Waals surface area contributed by atoms with E-state index in [1.165, 1.54) is 6.26 Å². The number of thiocarbonyl (C=S) groups is 1. The molecule has 6 heteroatoms. The highest BCUT2D eigenvalue weighted by Crippen LogP contribution is 2.52. The van der Waals surface area contributed by atoms with Crippen molar-refractivity contribution in [3.63, 3.8) is 0 Å². The Morgan fingerprint density at radius 3 is 2.53 bits per heavy atom. The van der Waals surface area contributed by atoms with Crippen LogP contribution in [0, 0.1) is 5.92 Å². The summed E-state index contributed by atoms with van der Waals surface area (Å²) in [6.45, 7) is 0. The summed E-state index contributed by atoms with van der Waals surface area (Å²) in [5, 5.41) is 0.0850. The molecule has 0 unspecified atom stereocenters. The largest absolute Gasteiger partial charge is 0.393 e. The van der Waals surface area contributed by atoms with E-state index < -0.39 is 15.1 Å². The van der Waals surface area contributed by atoms with Crippen molar-refractivity contribution in [2.45, 2.75) is 11.2 Å². The minimum absolute atomic E-state index is 0.152. The van der Waals surface area contributed by atoms with E-state index in [0.29, 0.717) is 5.02 Å². The second kappa shape index (κ2) is 4.23. The van der Waals surface area contributed by atoms with Gasteiger partial charge in [0, 0.05) is 23.1 Å². The Morgan fingerprint density at radius 2 is 2.12 bits per heavy atom. The fraction of sp³-hybridized carbons (Fsp3) is 0.364. The summed E-state index contributed by atoms with van der Waals surface area (Å²) in [4.78, 5) is 0.255. The molecule has 0 amide bonds. The fourth-order valence-electron chi connectivity index (χ4n) is 2.27. The molecule has 17 heavy (non-hydrogen) atoms. The second-order valence-electron chi connectivity index (χ2n) is 4.30. The van der Waals surface area contributed by atoms with Crippen LogP contribution in [0.25, 0.3) is 0 Å². The summed E-state index contributed by atoms with van der Waals surface area (Å²) in [6.07, 6.45) is 1.22. The van der Waals surface area contributed by atoms with Crippen molar-refractivity contribution in [1.82, 2.24) is 0 Å². The van der Waals surface area contributed by atoms with Gasteiger partial charge in [0.2, 0.25) is 0 Å². The normalized spacial score (nSPS) is 27.8. The number of sulfone groups is 1. The van der Waals surface area contributed by atoms with E-state index in [9.17, 15) is 8.42 Å². The first-order valence-electron chi connectivity index (χ1n) is 5.06. The van der Waals surface area contributed by atoms with Gasteiger partial charge in [0.25, 0.3) is 0 Å². The Hall–Kier alpha value is -0.650. The minimum Gasteiger partial charge on any atom is -0.393 e. The maximum absolute atomic E-state index is 11.6. The van der Waals surface area contributed by atoms with E-state index in [1.807, 2.05) is 6.07 Å². The van der Waals surface area contributed by atoms with Crippen LogP contribution in [-0.4, -0.2) is 24.9 Å². The van der Waals surface area contributed by atoms with Crippen LogP contribution in [0.15, 0.2) is 24.3 Å². The van der Waals surface area contributed by atoms with Crippen molar-refractivity contribution in [1.29, 1.82) is 0 Å². The summed E-state index contributed by atoms with van der Waals surface area (Å²) in [7, 11) is -3.14. The molecule has 0 spiro atoms. The molecular weight excluding hydrogens is 278 g/mol. The van der Waals surface area contributed by atoms with Gasteiger partial charge in [-0.25, -0.2) is 8.42 Å². The van der Waals surface area contributed by atoms with Crippen LogP contribution >= 0.6 is 23.8 Å². The number of benzene rings is 1. The monoisotopic (exact) mass is 289 g/mol. The van der Waals surface area contributed by atoms with E-state index in [2.05, 4.69) is 0 Å². The first-order chi connectivity index (χ1) is 7.82. The number of nitrogens with two attached hydrogens (primary N) is 1. The molecule has 0 saturated heterocycles. The van der Waals surface area contributed by atoms with Crippen molar-refractivity contribution in [3.05, 3.63) is 34.9 Å². The molecule has 1 aromatic carbocycles. The van der Waals surface area contributed by atoms with Crippen molar-refractivity contribution in [2.75, 3.05) is 6.26 Å². The molecule has 3 atom stereocenters. The van der Waals surface area contributed by atoms with Gasteiger partial charge in [-0.05, 0) is 17.7 Å². The van der Waals surface area contributed by atoms with Gasteiger partial charge < -0.3 is 5.73 Å². The van der Waals surface area contributed by atoms with E-state index in [0.717, 1.165) is 5.56 Å². The Bertz CT molecular complexity index is 571. The highest BCUT2D eigenvalue weighted by molar-refractivity contribution is 7.91. The summed E-state index contributed by atoms with van der Waals surface area (Å²) in [5.74, 6) is -0.417. The number of hydrogen-bond acceptors (Lipinski definition) is 3. The highest BCUT2D eigenvalue weighted by atomic mass is 35.5. The van der Waals surface area contributed by atoms with Gasteiger partial charge in [-0.3, -0.25) is 0 Å². The first-order valence-corrected chi connectivity index (χ1v) is 7.80. The number of rotatable bonds is 3. The zero-order valence-electron chi connectivity index (χ0n) is 9.13. The van der Waals surface area contributed by atoms with Gasteiger partial charge >= 0.3 is 0 Å². The topological polar surface area (TPSA) is 60.2 Å². The quantitative estimate of drug-likeness (QED) is 0.861. The standard InChI is InChI=1S/C11H12ClNO2S2/c1-17(14,15)10-8(9(10)11(13)16)6-3-2-4-7(12)5-6/h2-5,8-10H,1H3,(H2,13,16)/t8-,9-,10+/m0/s1. The van der Waals surface area contributed by atoms with E-state index in [4.69, 9.17) is 29.6 Å². The third kappa shape index (κ3) is 2.46. The smallest absolute Gasteiger partial charge is 0.151 e. The Morgan fingerprint density at radius 1 is 1.47 bits per heavy atom. The molecule has 0 aromatic heterocycles. The lowest BCUT2D eigenvalue weighted by molar-refractivity contribution is 0.599. The van der Waals surface area contributed by atoms with Crippen LogP contribution in [0.5, 0.6) is 0 Å². The molecule has 0 heterocycles. The predicted octanol–water partition coefficient (Wildman–Crippen LogP) is 1.75. The number of hydrogen-bond donors (Lipinski definition) is 1. The molecule has 0 aliphatic heterocycles. The molecule has 1 aliphatic carbocycles. The summed E-state index contributed by atoms with van der Waals surface area (Å²) in [6, 6.07) is 7.17. The molecule has 2 rings (SSSR count). The Kier molecular flexibility index (Phi) is 3.18. The van der Waals surface area contributed by atoms with Crippen LogP contribution < -0.4 is 5.73 Å². The molecule has 1 aromatic rings. The second-order valence-corrected chi connectivity index (χ2v) is 7.41. The summed E-state index contributed by atoms with van der Waals surface area (Å²) in [5.41, 5.74) is 6.46. The molecule has 2 N–H and O–H groups in total. The molecule has 1 fully saturated rings. The fourth-order valence-corrected chi connectivity index (χ4v) is 4.46. The third-order valence-electron chi connectivity index (χ3n) is 3.01. The van der Waals surface area contributed by atoms with Gasteiger partial charge in [0.05, 0.1) is 10.2 Å². The van der Waals surface area contributed by atoms with Crippen molar-refractivity contribution < 1.29 is 8.42 Å². The van der Waals surface area contributed by atoms with Crippen LogP contribution in [0.1, 0.15) is 11.5 Å². The van der Waals surface area contributed by atoms with Gasteiger partial charge in [0.1, 0.15) is 0 Å². The SMILES string of the molecule is CS(=O)(=O)[C@H]1[C@@H](C(N)=S)[C@@H]1c1cccc(Cl)c1. The third-order valence-corrected chi connectivity index (χ3v) is 5.09. The summed E-state index contributed by atoms with van der Waals surface area (Å²) >= 11 is 10.8. The molecule has 0 radical (unpaired) electrons. The lowest BCUT2D eigenvalue weighted by Gasteiger charge is -2.00. The molecule has 1 saturated carbocycles. The maximum atomic E-state index is 11.6. The molecule has 92 valence electrons. The molecule has 0 bridgehead atoms. The minimum atomic E-state index is -3.14.